The predicted molar refractivity (Wildman–Crippen MR) is 83.5 cm³/mol. The highest BCUT2D eigenvalue weighted by atomic mass is 15.2. The van der Waals surface area contributed by atoms with E-state index in [0.29, 0.717) is 6.04 Å². The summed E-state index contributed by atoms with van der Waals surface area (Å²) in [5.41, 5.74) is -0.305. The molecule has 3 heteroatoms. The van der Waals surface area contributed by atoms with Crippen LogP contribution < -0.4 is 5.32 Å². The zero-order chi connectivity index (χ0) is 14.6. The fourth-order valence-electron chi connectivity index (χ4n) is 3.53. The highest BCUT2D eigenvalue weighted by molar-refractivity contribution is 5.06. The molecule has 0 aromatic carbocycles. The van der Waals surface area contributed by atoms with Gasteiger partial charge in [0.15, 0.2) is 0 Å². The van der Waals surface area contributed by atoms with Gasteiger partial charge in [-0.3, -0.25) is 10.2 Å². The van der Waals surface area contributed by atoms with E-state index in [-0.39, 0.29) is 5.54 Å². The molecule has 20 heavy (non-hydrogen) atoms. The SMILES string of the molecule is CC1CCCC(C)N1CCCCC(C)(C#N)NC1CC1. The molecule has 0 amide bonds. The van der Waals surface area contributed by atoms with Crippen molar-refractivity contribution in [1.82, 2.24) is 10.2 Å². The quantitative estimate of drug-likeness (QED) is 0.724. The molecule has 0 bridgehead atoms. The van der Waals surface area contributed by atoms with Crippen LogP contribution in [0.5, 0.6) is 0 Å². The standard InChI is InChI=1S/C17H31N3/c1-14-7-6-8-15(2)20(14)12-5-4-11-17(3,13-18)19-16-9-10-16/h14-16,19H,4-12H2,1-3H3. The van der Waals surface area contributed by atoms with E-state index in [1.165, 1.54) is 45.1 Å². The van der Waals surface area contributed by atoms with Gasteiger partial charge in [0, 0.05) is 18.1 Å². The minimum atomic E-state index is -0.305. The Hall–Kier alpha value is -0.590. The van der Waals surface area contributed by atoms with E-state index in [4.69, 9.17) is 0 Å². The van der Waals surface area contributed by atoms with Crippen LogP contribution in [-0.4, -0.2) is 35.1 Å². The van der Waals surface area contributed by atoms with Gasteiger partial charge >= 0.3 is 0 Å². The number of likely N-dealkylation sites (tertiary alicyclic amines) is 1. The number of hydrogen-bond acceptors (Lipinski definition) is 3. The van der Waals surface area contributed by atoms with E-state index < -0.39 is 0 Å². The molecule has 2 rings (SSSR count). The maximum absolute atomic E-state index is 9.37. The third-order valence-corrected chi connectivity index (χ3v) is 5.07. The van der Waals surface area contributed by atoms with Crippen molar-refractivity contribution in [2.75, 3.05) is 6.54 Å². The molecule has 0 aromatic heterocycles. The summed E-state index contributed by atoms with van der Waals surface area (Å²) < 4.78 is 0. The Kier molecular flexibility index (Phi) is 5.46. The van der Waals surface area contributed by atoms with Crippen LogP contribution >= 0.6 is 0 Å². The second kappa shape index (κ2) is 6.91. The van der Waals surface area contributed by atoms with E-state index in [1.807, 2.05) is 0 Å². The average Bonchev–Trinajstić information content (AvgIpc) is 3.21. The van der Waals surface area contributed by atoms with Crippen molar-refractivity contribution in [2.45, 2.75) is 95.8 Å². The summed E-state index contributed by atoms with van der Waals surface area (Å²) in [6.07, 6.45) is 9.94. The van der Waals surface area contributed by atoms with Gasteiger partial charge in [-0.1, -0.05) is 6.42 Å². The summed E-state index contributed by atoms with van der Waals surface area (Å²) in [5.74, 6) is 0. The summed E-state index contributed by atoms with van der Waals surface area (Å²) in [5, 5.41) is 12.9. The van der Waals surface area contributed by atoms with Crippen molar-refractivity contribution < 1.29 is 0 Å². The molecular weight excluding hydrogens is 246 g/mol. The lowest BCUT2D eigenvalue weighted by Crippen LogP contribution is -2.44. The lowest BCUT2D eigenvalue weighted by Gasteiger charge is -2.39. The van der Waals surface area contributed by atoms with Crippen LogP contribution in [0.25, 0.3) is 0 Å². The van der Waals surface area contributed by atoms with Crippen LogP contribution in [-0.2, 0) is 0 Å². The summed E-state index contributed by atoms with van der Waals surface area (Å²) in [7, 11) is 0. The fraction of sp³-hybridized carbons (Fsp3) is 0.941. The second-order valence-electron chi connectivity index (χ2n) is 7.19. The van der Waals surface area contributed by atoms with Gasteiger partial charge in [-0.2, -0.15) is 5.26 Å². The number of nitrogens with zero attached hydrogens (tertiary/aromatic N) is 2. The first-order valence-electron chi connectivity index (χ1n) is 8.49. The van der Waals surface area contributed by atoms with Crippen LogP contribution in [0.1, 0.15) is 72.1 Å². The topological polar surface area (TPSA) is 39.1 Å². The Morgan fingerprint density at radius 2 is 1.80 bits per heavy atom. The number of nitrogens with one attached hydrogen (secondary N) is 1. The van der Waals surface area contributed by atoms with Gasteiger partial charge < -0.3 is 0 Å². The zero-order valence-electron chi connectivity index (χ0n) is 13.5. The molecule has 1 saturated heterocycles. The first-order valence-corrected chi connectivity index (χ1v) is 8.49. The maximum atomic E-state index is 9.37. The minimum Gasteiger partial charge on any atom is -0.298 e. The van der Waals surface area contributed by atoms with Crippen molar-refractivity contribution in [2.24, 2.45) is 0 Å². The molecule has 1 aliphatic carbocycles. The third kappa shape index (κ3) is 4.46. The molecule has 0 spiro atoms. The van der Waals surface area contributed by atoms with Crippen LogP contribution in [0.4, 0.5) is 0 Å². The molecule has 3 unspecified atom stereocenters. The summed E-state index contributed by atoms with van der Waals surface area (Å²) in [6, 6.07) is 4.58. The Morgan fingerprint density at radius 3 is 2.35 bits per heavy atom. The van der Waals surface area contributed by atoms with Gasteiger partial charge in [0.1, 0.15) is 5.54 Å². The van der Waals surface area contributed by atoms with E-state index >= 15 is 0 Å². The van der Waals surface area contributed by atoms with Gasteiger partial charge in [-0.25, -0.2) is 0 Å². The van der Waals surface area contributed by atoms with E-state index in [1.54, 1.807) is 0 Å². The molecular formula is C17H31N3. The Labute approximate surface area is 124 Å². The van der Waals surface area contributed by atoms with Crippen molar-refractivity contribution in [3.63, 3.8) is 0 Å². The first kappa shape index (κ1) is 15.8. The summed E-state index contributed by atoms with van der Waals surface area (Å²) >= 11 is 0. The molecule has 3 atom stereocenters. The van der Waals surface area contributed by atoms with Gasteiger partial charge in [0.2, 0.25) is 0 Å². The van der Waals surface area contributed by atoms with Gasteiger partial charge in [0.05, 0.1) is 6.07 Å². The summed E-state index contributed by atoms with van der Waals surface area (Å²) in [4.78, 5) is 2.67. The normalized spacial score (nSPS) is 30.7. The predicted octanol–water partition coefficient (Wildman–Crippen LogP) is 3.45. The number of hydrogen-bond donors (Lipinski definition) is 1. The lowest BCUT2D eigenvalue weighted by atomic mass is 9.94. The van der Waals surface area contributed by atoms with Crippen LogP contribution in [0.2, 0.25) is 0 Å². The molecule has 1 aliphatic heterocycles. The maximum Gasteiger partial charge on any atom is 0.104 e. The number of rotatable bonds is 7. The van der Waals surface area contributed by atoms with Crippen LogP contribution in [0.15, 0.2) is 0 Å². The average molecular weight is 277 g/mol. The molecule has 2 fully saturated rings. The minimum absolute atomic E-state index is 0.305. The number of unbranched alkanes of at least 4 members (excludes halogenated alkanes) is 1. The Balaban J connectivity index is 1.68. The van der Waals surface area contributed by atoms with Crippen molar-refractivity contribution >= 4 is 0 Å². The largest absolute Gasteiger partial charge is 0.298 e. The fourth-order valence-corrected chi connectivity index (χ4v) is 3.53. The second-order valence-corrected chi connectivity index (χ2v) is 7.19. The van der Waals surface area contributed by atoms with Crippen LogP contribution in [0.3, 0.4) is 0 Å². The highest BCUT2D eigenvalue weighted by Crippen LogP contribution is 2.26. The lowest BCUT2D eigenvalue weighted by molar-refractivity contribution is 0.101. The van der Waals surface area contributed by atoms with Crippen molar-refractivity contribution in [3.05, 3.63) is 0 Å². The van der Waals surface area contributed by atoms with E-state index in [9.17, 15) is 5.26 Å². The molecule has 1 heterocycles. The molecule has 2 aliphatic rings. The molecule has 1 saturated carbocycles. The van der Waals surface area contributed by atoms with Gasteiger partial charge in [-0.15, -0.1) is 0 Å². The molecule has 0 aromatic rings. The highest BCUT2D eigenvalue weighted by Gasteiger charge is 2.32. The number of piperidine rings is 1. The van der Waals surface area contributed by atoms with Crippen LogP contribution in [0, 0.1) is 11.3 Å². The monoisotopic (exact) mass is 277 g/mol. The Bertz CT molecular complexity index is 335. The van der Waals surface area contributed by atoms with Crippen molar-refractivity contribution in [1.29, 1.82) is 5.26 Å². The summed E-state index contributed by atoms with van der Waals surface area (Å²) in [6.45, 7) is 8.00. The molecule has 1 N–H and O–H groups in total. The first-order chi connectivity index (χ1) is 9.54. The van der Waals surface area contributed by atoms with Gasteiger partial charge in [0.25, 0.3) is 0 Å². The van der Waals surface area contributed by atoms with E-state index in [2.05, 4.69) is 37.1 Å². The van der Waals surface area contributed by atoms with E-state index in [0.717, 1.165) is 24.9 Å². The van der Waals surface area contributed by atoms with Gasteiger partial charge in [-0.05, 0) is 72.3 Å². The number of nitriles is 1. The third-order valence-electron chi connectivity index (χ3n) is 5.07. The molecule has 3 nitrogen and oxygen atoms in total. The zero-order valence-corrected chi connectivity index (χ0v) is 13.5. The smallest absolute Gasteiger partial charge is 0.104 e. The Morgan fingerprint density at radius 1 is 1.15 bits per heavy atom. The van der Waals surface area contributed by atoms with Crippen molar-refractivity contribution in [3.8, 4) is 6.07 Å². The molecule has 114 valence electrons. The molecule has 0 radical (unpaired) electrons.